The lowest BCUT2D eigenvalue weighted by molar-refractivity contribution is -0.171. The molecule has 2 rings (SSSR count). The van der Waals surface area contributed by atoms with Crippen LogP contribution in [-0.2, 0) is 9.53 Å². The van der Waals surface area contributed by atoms with Crippen LogP contribution in [0.15, 0.2) is 6.07 Å². The number of nitrogens with zero attached hydrogens (tertiary/aromatic N) is 4. The van der Waals surface area contributed by atoms with E-state index >= 15 is 0 Å². The maximum absolute atomic E-state index is 12.7. The second-order valence-electron chi connectivity index (χ2n) is 5.65. The molecule has 1 aliphatic rings. The fourth-order valence-corrected chi connectivity index (χ4v) is 2.35. The lowest BCUT2D eigenvalue weighted by Crippen LogP contribution is -2.50. The first-order valence-corrected chi connectivity index (χ1v) is 7.56. The van der Waals surface area contributed by atoms with Crippen molar-refractivity contribution in [1.29, 1.82) is 0 Å². The van der Waals surface area contributed by atoms with E-state index in [9.17, 15) is 22.4 Å². The molecule has 11 heteroatoms. The molecule has 1 aliphatic heterocycles. The third-order valence-corrected chi connectivity index (χ3v) is 3.65. The van der Waals surface area contributed by atoms with E-state index in [1.165, 1.54) is 4.90 Å². The summed E-state index contributed by atoms with van der Waals surface area (Å²) in [5.74, 6) is -3.99. The number of carbonyl (C=O) groups is 1. The molecule has 1 amide bonds. The normalized spacial score (nSPS) is 15.8. The fraction of sp³-hybridized carbons (Fsp3) is 0.643. The minimum absolute atomic E-state index is 0.155. The summed E-state index contributed by atoms with van der Waals surface area (Å²) in [4.78, 5) is 23.4. The van der Waals surface area contributed by atoms with Gasteiger partial charge >= 0.3 is 12.3 Å². The molecule has 0 aliphatic carbocycles. The molecule has 2 heterocycles. The number of anilines is 2. The van der Waals surface area contributed by atoms with Gasteiger partial charge in [0.05, 0.1) is 0 Å². The third kappa shape index (κ3) is 5.15. The first kappa shape index (κ1) is 19.2. The smallest absolute Gasteiger partial charge is 0.330 e. The number of aryl methyl sites for hydroxylation is 1. The van der Waals surface area contributed by atoms with Crippen LogP contribution in [0.5, 0.6) is 0 Å². The Morgan fingerprint density at radius 1 is 1.32 bits per heavy atom. The van der Waals surface area contributed by atoms with Crippen LogP contribution in [0.1, 0.15) is 5.69 Å². The van der Waals surface area contributed by atoms with Gasteiger partial charge < -0.3 is 20.3 Å². The highest BCUT2D eigenvalue weighted by Gasteiger charge is 2.41. The van der Waals surface area contributed by atoms with E-state index in [2.05, 4.69) is 14.7 Å². The number of ether oxygens (including phenoxy) is 1. The molecule has 1 fully saturated rings. The van der Waals surface area contributed by atoms with Crippen LogP contribution in [-0.4, -0.2) is 72.5 Å². The summed E-state index contributed by atoms with van der Waals surface area (Å²) < 4.78 is 53.9. The van der Waals surface area contributed by atoms with E-state index in [-0.39, 0.29) is 5.95 Å². The zero-order valence-electron chi connectivity index (χ0n) is 13.6. The van der Waals surface area contributed by atoms with Gasteiger partial charge in [-0.2, -0.15) is 13.8 Å². The van der Waals surface area contributed by atoms with Crippen LogP contribution in [0.25, 0.3) is 0 Å². The molecule has 1 saturated heterocycles. The fourth-order valence-electron chi connectivity index (χ4n) is 2.35. The molecule has 2 N–H and O–H groups in total. The number of amides is 1. The van der Waals surface area contributed by atoms with E-state index in [1.54, 1.807) is 13.0 Å². The summed E-state index contributed by atoms with van der Waals surface area (Å²) in [6.45, 7) is 1.22. The largest absolute Gasteiger partial charge is 0.368 e. The number of halogens is 4. The molecular weight excluding hydrogens is 346 g/mol. The van der Waals surface area contributed by atoms with Gasteiger partial charge in [0.2, 0.25) is 11.9 Å². The second kappa shape index (κ2) is 7.81. The molecule has 0 atom stereocenters. The zero-order chi connectivity index (χ0) is 18.6. The molecule has 0 bridgehead atoms. The molecule has 0 saturated carbocycles. The number of nitrogens with two attached hydrogens (primary N) is 1. The summed E-state index contributed by atoms with van der Waals surface area (Å²) in [5.41, 5.74) is 6.33. The molecule has 1 aromatic rings. The van der Waals surface area contributed by atoms with E-state index < -0.39 is 31.5 Å². The van der Waals surface area contributed by atoms with Gasteiger partial charge in [0.1, 0.15) is 19.0 Å². The van der Waals surface area contributed by atoms with Crippen LogP contribution in [0, 0.1) is 6.92 Å². The molecule has 0 radical (unpaired) electrons. The van der Waals surface area contributed by atoms with Crippen LogP contribution in [0.2, 0.25) is 0 Å². The predicted octanol–water partition coefficient (Wildman–Crippen LogP) is 0.933. The second-order valence-corrected chi connectivity index (χ2v) is 5.65. The highest BCUT2D eigenvalue weighted by molar-refractivity contribution is 5.77. The van der Waals surface area contributed by atoms with Crippen molar-refractivity contribution in [1.82, 2.24) is 14.9 Å². The van der Waals surface area contributed by atoms with Gasteiger partial charge in [0.15, 0.2) is 0 Å². The number of carbonyl (C=O) groups excluding carboxylic acids is 1. The third-order valence-electron chi connectivity index (χ3n) is 3.65. The van der Waals surface area contributed by atoms with Crippen molar-refractivity contribution in [2.45, 2.75) is 19.3 Å². The van der Waals surface area contributed by atoms with Gasteiger partial charge in [0, 0.05) is 37.9 Å². The Balaban J connectivity index is 1.80. The van der Waals surface area contributed by atoms with Gasteiger partial charge in [0.25, 0.3) is 0 Å². The number of piperazine rings is 1. The van der Waals surface area contributed by atoms with Crippen LogP contribution >= 0.6 is 0 Å². The van der Waals surface area contributed by atoms with Gasteiger partial charge in [-0.25, -0.2) is 13.8 Å². The molecule has 7 nitrogen and oxygen atoms in total. The summed E-state index contributed by atoms with van der Waals surface area (Å²) in [5, 5.41) is 0. The average molecular weight is 365 g/mol. The summed E-state index contributed by atoms with van der Waals surface area (Å²) in [6.07, 6.45) is -3.82. The van der Waals surface area contributed by atoms with Crippen molar-refractivity contribution in [3.63, 3.8) is 0 Å². The predicted molar refractivity (Wildman–Crippen MR) is 81.7 cm³/mol. The van der Waals surface area contributed by atoms with E-state index in [1.807, 2.05) is 4.90 Å². The number of alkyl halides is 4. The lowest BCUT2D eigenvalue weighted by atomic mass is 10.3. The zero-order valence-corrected chi connectivity index (χ0v) is 13.6. The summed E-state index contributed by atoms with van der Waals surface area (Å²) in [7, 11) is 0. The summed E-state index contributed by atoms with van der Waals surface area (Å²) >= 11 is 0. The molecular formula is C14H19F4N5O2. The first-order chi connectivity index (χ1) is 11.7. The lowest BCUT2D eigenvalue weighted by Gasteiger charge is -2.35. The summed E-state index contributed by atoms with van der Waals surface area (Å²) in [6, 6.07) is 1.77. The van der Waals surface area contributed by atoms with Crippen molar-refractivity contribution in [2.75, 3.05) is 50.0 Å². The number of hydrogen-bond acceptors (Lipinski definition) is 6. The molecule has 1 aromatic heterocycles. The van der Waals surface area contributed by atoms with Crippen molar-refractivity contribution >= 4 is 17.7 Å². The van der Waals surface area contributed by atoms with Gasteiger partial charge in [-0.15, -0.1) is 0 Å². The Bertz CT molecular complexity index is 589. The van der Waals surface area contributed by atoms with Crippen molar-refractivity contribution < 1.29 is 27.1 Å². The Labute approximate surface area is 141 Å². The van der Waals surface area contributed by atoms with E-state index in [0.717, 1.165) is 5.69 Å². The minimum Gasteiger partial charge on any atom is -0.368 e. The molecule has 0 aromatic carbocycles. The molecule has 25 heavy (non-hydrogen) atoms. The molecule has 140 valence electrons. The van der Waals surface area contributed by atoms with Crippen LogP contribution in [0.4, 0.5) is 29.3 Å². The van der Waals surface area contributed by atoms with Gasteiger partial charge in [-0.1, -0.05) is 0 Å². The maximum Gasteiger partial charge on any atom is 0.330 e. The average Bonchev–Trinajstić information content (AvgIpc) is 2.53. The number of hydrogen-bond donors (Lipinski definition) is 1. The molecule has 0 spiro atoms. The van der Waals surface area contributed by atoms with E-state index in [4.69, 9.17) is 5.73 Å². The van der Waals surface area contributed by atoms with Crippen molar-refractivity contribution in [3.05, 3.63) is 11.8 Å². The Kier molecular flexibility index (Phi) is 5.98. The maximum atomic E-state index is 12.7. The number of nitrogen functional groups attached to an aromatic ring is 1. The van der Waals surface area contributed by atoms with Crippen LogP contribution in [0.3, 0.4) is 0 Å². The van der Waals surface area contributed by atoms with Crippen molar-refractivity contribution in [3.8, 4) is 0 Å². The number of aromatic nitrogens is 2. The standard InChI is InChI=1S/C14H19F4N5O2/c1-9-6-10(21-13(19)20-9)22-2-4-23(5-3-22)11(24)7-25-8-14(17,18)12(15)16/h6,12H,2-5,7-8H2,1H3,(H2,19,20,21). The minimum atomic E-state index is -4.26. The topological polar surface area (TPSA) is 84.6 Å². The highest BCUT2D eigenvalue weighted by Crippen LogP contribution is 2.23. The first-order valence-electron chi connectivity index (χ1n) is 7.56. The molecule has 0 unspecified atom stereocenters. The Morgan fingerprint density at radius 3 is 2.52 bits per heavy atom. The van der Waals surface area contributed by atoms with E-state index in [0.29, 0.717) is 32.0 Å². The van der Waals surface area contributed by atoms with Gasteiger partial charge in [-0.05, 0) is 6.92 Å². The Hall–Kier alpha value is -2.17. The quantitative estimate of drug-likeness (QED) is 0.755. The van der Waals surface area contributed by atoms with Gasteiger partial charge in [-0.3, -0.25) is 4.79 Å². The number of rotatable bonds is 6. The van der Waals surface area contributed by atoms with Crippen LogP contribution < -0.4 is 10.6 Å². The monoisotopic (exact) mass is 365 g/mol. The van der Waals surface area contributed by atoms with Crippen molar-refractivity contribution in [2.24, 2.45) is 0 Å². The highest BCUT2D eigenvalue weighted by atomic mass is 19.3. The Morgan fingerprint density at radius 2 is 1.96 bits per heavy atom. The SMILES string of the molecule is Cc1cc(N2CCN(C(=O)COCC(F)(F)C(F)F)CC2)nc(N)n1.